The van der Waals surface area contributed by atoms with Gasteiger partial charge in [-0.1, -0.05) is 6.07 Å². The molecule has 0 amide bonds. The summed E-state index contributed by atoms with van der Waals surface area (Å²) in [5, 5.41) is 12.4. The van der Waals surface area contributed by atoms with Crippen molar-refractivity contribution < 1.29 is 4.39 Å². The Labute approximate surface area is 128 Å². The lowest BCUT2D eigenvalue weighted by atomic mass is 10.2. The summed E-state index contributed by atoms with van der Waals surface area (Å²) < 4.78 is 13.7. The third kappa shape index (κ3) is 2.76. The Morgan fingerprint density at radius 2 is 2.25 bits per heavy atom. The molecule has 0 aliphatic rings. The van der Waals surface area contributed by atoms with Crippen molar-refractivity contribution in [2.75, 3.05) is 5.32 Å². The number of anilines is 1. The van der Waals surface area contributed by atoms with Crippen LogP contribution in [0.3, 0.4) is 0 Å². The molecule has 0 saturated carbocycles. The molecule has 2 N–H and O–H groups in total. The molecule has 0 bridgehead atoms. The quantitative estimate of drug-likeness (QED) is 0.718. The molecule has 0 aliphatic heterocycles. The molecule has 0 spiro atoms. The van der Waals surface area contributed by atoms with Crippen molar-refractivity contribution >= 4 is 33.0 Å². The summed E-state index contributed by atoms with van der Waals surface area (Å²) in [7, 11) is 0. The second-order valence-electron chi connectivity index (χ2n) is 4.23. The van der Waals surface area contributed by atoms with Gasteiger partial charge in [0.2, 0.25) is 0 Å². The van der Waals surface area contributed by atoms with Gasteiger partial charge < -0.3 is 5.32 Å². The predicted molar refractivity (Wildman–Crippen MR) is 83.3 cm³/mol. The minimum Gasteiger partial charge on any atom is -0.380 e. The minimum atomic E-state index is -0.259. The van der Waals surface area contributed by atoms with E-state index in [4.69, 9.17) is 0 Å². The number of halogens is 2. The molecule has 0 fully saturated rings. The Kier molecular flexibility index (Phi) is 3.84. The fourth-order valence-corrected chi connectivity index (χ4v) is 3.15. The lowest BCUT2D eigenvalue weighted by Crippen LogP contribution is -2.00. The van der Waals surface area contributed by atoms with Gasteiger partial charge in [-0.05, 0) is 45.6 Å². The van der Waals surface area contributed by atoms with Crippen molar-refractivity contribution in [2.24, 2.45) is 0 Å². The second kappa shape index (κ2) is 5.76. The number of aromatic amines is 1. The Hall–Kier alpha value is -1.66. The van der Waals surface area contributed by atoms with Gasteiger partial charge in [-0.2, -0.15) is 5.10 Å². The normalized spacial score (nSPS) is 10.7. The topological polar surface area (TPSA) is 40.7 Å². The van der Waals surface area contributed by atoms with E-state index in [2.05, 4.69) is 37.5 Å². The molecule has 1 aromatic carbocycles. The van der Waals surface area contributed by atoms with E-state index in [0.717, 1.165) is 21.8 Å². The van der Waals surface area contributed by atoms with Crippen LogP contribution in [0, 0.1) is 5.82 Å². The molecule has 0 unspecified atom stereocenters. The van der Waals surface area contributed by atoms with Crippen LogP contribution in [-0.2, 0) is 6.54 Å². The second-order valence-corrected chi connectivity index (χ2v) is 6.03. The standard InChI is InChI=1S/C14H11BrFN3S/c15-11-6-10(16)3-4-12(11)17-7-9-8-18-19-14(9)13-2-1-5-20-13/h1-6,8,17H,7H2,(H,18,19). The Morgan fingerprint density at radius 3 is 3.00 bits per heavy atom. The maximum absolute atomic E-state index is 13.0. The minimum absolute atomic E-state index is 0.259. The largest absolute Gasteiger partial charge is 0.380 e. The van der Waals surface area contributed by atoms with Gasteiger partial charge in [-0.15, -0.1) is 11.3 Å². The van der Waals surface area contributed by atoms with Gasteiger partial charge in [-0.25, -0.2) is 4.39 Å². The summed E-state index contributed by atoms with van der Waals surface area (Å²) >= 11 is 5.01. The highest BCUT2D eigenvalue weighted by molar-refractivity contribution is 9.10. The first-order valence-corrected chi connectivity index (χ1v) is 7.66. The van der Waals surface area contributed by atoms with Crippen molar-refractivity contribution in [3.8, 4) is 10.6 Å². The van der Waals surface area contributed by atoms with Crippen LogP contribution in [0.4, 0.5) is 10.1 Å². The summed E-state index contributed by atoms with van der Waals surface area (Å²) in [4.78, 5) is 1.15. The smallest absolute Gasteiger partial charge is 0.124 e. The van der Waals surface area contributed by atoms with Crippen LogP contribution in [0.1, 0.15) is 5.56 Å². The molecule has 0 atom stereocenters. The average Bonchev–Trinajstić information content (AvgIpc) is 3.08. The van der Waals surface area contributed by atoms with Gasteiger partial charge in [0.25, 0.3) is 0 Å². The fourth-order valence-electron chi connectivity index (χ4n) is 1.90. The van der Waals surface area contributed by atoms with Gasteiger partial charge >= 0.3 is 0 Å². The Morgan fingerprint density at radius 1 is 1.35 bits per heavy atom. The average molecular weight is 352 g/mol. The number of aromatic nitrogens is 2. The van der Waals surface area contributed by atoms with E-state index in [-0.39, 0.29) is 5.82 Å². The number of nitrogens with one attached hydrogen (secondary N) is 2. The molecular formula is C14H11BrFN3S. The molecule has 3 aromatic rings. The van der Waals surface area contributed by atoms with Crippen molar-refractivity contribution in [1.29, 1.82) is 0 Å². The molecule has 0 aliphatic carbocycles. The molecule has 0 saturated heterocycles. The van der Waals surface area contributed by atoms with Crippen molar-refractivity contribution in [3.63, 3.8) is 0 Å². The van der Waals surface area contributed by atoms with E-state index >= 15 is 0 Å². The van der Waals surface area contributed by atoms with Crippen molar-refractivity contribution in [1.82, 2.24) is 10.2 Å². The molecule has 2 heterocycles. The lowest BCUT2D eigenvalue weighted by molar-refractivity contribution is 0.627. The van der Waals surface area contributed by atoms with Crippen molar-refractivity contribution in [2.45, 2.75) is 6.54 Å². The molecule has 102 valence electrons. The van der Waals surface area contributed by atoms with E-state index in [1.54, 1.807) is 23.6 Å². The maximum Gasteiger partial charge on any atom is 0.124 e. The number of benzene rings is 1. The third-order valence-corrected chi connectivity index (χ3v) is 4.43. The first-order valence-electron chi connectivity index (χ1n) is 5.99. The number of rotatable bonds is 4. The first kappa shape index (κ1) is 13.3. The van der Waals surface area contributed by atoms with E-state index < -0.39 is 0 Å². The fraction of sp³-hybridized carbons (Fsp3) is 0.0714. The summed E-state index contributed by atoms with van der Waals surface area (Å²) in [5.74, 6) is -0.259. The molecule has 20 heavy (non-hydrogen) atoms. The highest BCUT2D eigenvalue weighted by atomic mass is 79.9. The van der Waals surface area contributed by atoms with Gasteiger partial charge in [0.1, 0.15) is 5.82 Å². The van der Waals surface area contributed by atoms with E-state index in [0.29, 0.717) is 11.0 Å². The van der Waals surface area contributed by atoms with Crippen LogP contribution >= 0.6 is 27.3 Å². The highest BCUT2D eigenvalue weighted by Gasteiger charge is 2.09. The van der Waals surface area contributed by atoms with Crippen LogP contribution in [0.5, 0.6) is 0 Å². The van der Waals surface area contributed by atoms with Crippen LogP contribution in [0.2, 0.25) is 0 Å². The Balaban J connectivity index is 1.78. The number of H-pyrrole nitrogens is 1. The molecule has 3 nitrogen and oxygen atoms in total. The summed E-state index contributed by atoms with van der Waals surface area (Å²) in [6.45, 7) is 0.619. The molecule has 2 aromatic heterocycles. The zero-order valence-electron chi connectivity index (χ0n) is 10.4. The van der Waals surface area contributed by atoms with Crippen LogP contribution < -0.4 is 5.32 Å². The van der Waals surface area contributed by atoms with E-state index in [1.807, 2.05) is 11.4 Å². The lowest BCUT2D eigenvalue weighted by Gasteiger charge is -2.08. The van der Waals surface area contributed by atoms with E-state index in [1.165, 1.54) is 12.1 Å². The summed E-state index contributed by atoms with van der Waals surface area (Å²) in [6.07, 6.45) is 1.81. The zero-order valence-corrected chi connectivity index (χ0v) is 12.8. The number of hydrogen-bond donors (Lipinski definition) is 2. The molecule has 3 rings (SSSR count). The summed E-state index contributed by atoms with van der Waals surface area (Å²) in [5.41, 5.74) is 2.94. The van der Waals surface area contributed by atoms with Gasteiger partial charge in [0.05, 0.1) is 16.8 Å². The molecule has 6 heteroatoms. The summed E-state index contributed by atoms with van der Waals surface area (Å²) in [6, 6.07) is 8.65. The van der Waals surface area contributed by atoms with Gasteiger partial charge in [-0.3, -0.25) is 5.10 Å². The van der Waals surface area contributed by atoms with Gasteiger partial charge in [0.15, 0.2) is 0 Å². The zero-order chi connectivity index (χ0) is 13.9. The van der Waals surface area contributed by atoms with Crippen molar-refractivity contribution in [3.05, 3.63) is 57.8 Å². The SMILES string of the molecule is Fc1ccc(NCc2cn[nH]c2-c2cccs2)c(Br)c1. The maximum atomic E-state index is 13.0. The number of thiophene rings is 1. The molecule has 0 radical (unpaired) electrons. The number of nitrogens with zero attached hydrogens (tertiary/aromatic N) is 1. The molecular weight excluding hydrogens is 341 g/mol. The van der Waals surface area contributed by atoms with Gasteiger partial charge in [0, 0.05) is 22.3 Å². The van der Waals surface area contributed by atoms with Crippen LogP contribution in [-0.4, -0.2) is 10.2 Å². The number of hydrogen-bond acceptors (Lipinski definition) is 3. The predicted octanol–water partition coefficient (Wildman–Crippen LogP) is 4.65. The monoisotopic (exact) mass is 351 g/mol. The Bertz CT molecular complexity index is 709. The highest BCUT2D eigenvalue weighted by Crippen LogP contribution is 2.28. The third-order valence-electron chi connectivity index (χ3n) is 2.89. The van der Waals surface area contributed by atoms with E-state index in [9.17, 15) is 4.39 Å². The van der Waals surface area contributed by atoms with Crippen LogP contribution in [0.25, 0.3) is 10.6 Å². The first-order chi connectivity index (χ1) is 9.74. The van der Waals surface area contributed by atoms with Crippen LogP contribution in [0.15, 0.2) is 46.4 Å².